The van der Waals surface area contributed by atoms with Crippen LogP contribution in [0.15, 0.2) is 18.2 Å². The van der Waals surface area contributed by atoms with Crippen LogP contribution in [-0.4, -0.2) is 69.1 Å². The third-order valence-corrected chi connectivity index (χ3v) is 3.78. The van der Waals surface area contributed by atoms with Crippen molar-refractivity contribution in [3.05, 3.63) is 24.0 Å². The topological polar surface area (TPSA) is 36.0 Å². The summed E-state index contributed by atoms with van der Waals surface area (Å²) in [5, 5.41) is 0. The van der Waals surface area contributed by atoms with E-state index in [9.17, 15) is 9.18 Å². The first kappa shape index (κ1) is 16.5. The number of halogens is 1. The summed E-state index contributed by atoms with van der Waals surface area (Å²) in [6.45, 7) is 5.70. The van der Waals surface area contributed by atoms with Crippen LogP contribution in [0.1, 0.15) is 6.92 Å². The zero-order valence-corrected chi connectivity index (χ0v) is 13.5. The van der Waals surface area contributed by atoms with Crippen molar-refractivity contribution in [3.63, 3.8) is 0 Å². The molecule has 0 atom stereocenters. The molecule has 1 saturated heterocycles. The largest absolute Gasteiger partial charge is 0.490 e. The summed E-state index contributed by atoms with van der Waals surface area (Å²) in [5.41, 5.74) is 0.892. The number of hydrogen-bond acceptors (Lipinski definition) is 4. The maximum Gasteiger partial charge on any atom is 0.219 e. The average molecular weight is 309 g/mol. The summed E-state index contributed by atoms with van der Waals surface area (Å²) in [6, 6.07) is 4.64. The molecule has 0 saturated carbocycles. The third kappa shape index (κ3) is 4.34. The van der Waals surface area contributed by atoms with E-state index in [2.05, 4.69) is 4.90 Å². The summed E-state index contributed by atoms with van der Waals surface area (Å²) >= 11 is 0. The van der Waals surface area contributed by atoms with Crippen LogP contribution in [0.25, 0.3) is 0 Å². The quantitative estimate of drug-likeness (QED) is 0.824. The number of ether oxygens (including phenoxy) is 1. The zero-order chi connectivity index (χ0) is 16.1. The lowest BCUT2D eigenvalue weighted by molar-refractivity contribution is -0.129. The van der Waals surface area contributed by atoms with Gasteiger partial charge < -0.3 is 19.4 Å². The second-order valence-corrected chi connectivity index (χ2v) is 5.76. The molecule has 1 fully saturated rings. The molecule has 0 unspecified atom stereocenters. The van der Waals surface area contributed by atoms with Crippen LogP contribution in [0.5, 0.6) is 5.75 Å². The molecule has 0 N–H and O–H groups in total. The van der Waals surface area contributed by atoms with Gasteiger partial charge in [0.1, 0.15) is 18.2 Å². The van der Waals surface area contributed by atoms with Gasteiger partial charge in [-0.05, 0) is 26.2 Å². The Balaban J connectivity index is 2.05. The lowest BCUT2D eigenvalue weighted by atomic mass is 10.2. The van der Waals surface area contributed by atoms with Gasteiger partial charge >= 0.3 is 0 Å². The van der Waals surface area contributed by atoms with E-state index in [0.29, 0.717) is 25.4 Å². The standard InChI is InChI=1S/C16H24FN3O2/c1-13(21)19-6-8-20(9-7-19)15-5-4-14(17)12-16(15)22-11-10-18(2)3/h4-5,12H,6-11H2,1-3H3. The number of carbonyl (C=O) groups is 1. The van der Waals surface area contributed by atoms with E-state index in [0.717, 1.165) is 25.3 Å². The SMILES string of the molecule is CC(=O)N1CCN(c2ccc(F)cc2OCCN(C)C)CC1. The monoisotopic (exact) mass is 309 g/mol. The van der Waals surface area contributed by atoms with E-state index in [-0.39, 0.29) is 11.7 Å². The maximum absolute atomic E-state index is 13.5. The van der Waals surface area contributed by atoms with Gasteiger partial charge in [0.15, 0.2) is 0 Å². The second kappa shape index (κ2) is 7.45. The molecular formula is C16H24FN3O2. The summed E-state index contributed by atoms with van der Waals surface area (Å²) in [7, 11) is 3.94. The molecule has 5 nitrogen and oxygen atoms in total. The predicted molar refractivity (Wildman–Crippen MR) is 84.9 cm³/mol. The molecule has 0 aromatic heterocycles. The zero-order valence-electron chi connectivity index (χ0n) is 13.5. The summed E-state index contributed by atoms with van der Waals surface area (Å²) < 4.78 is 19.3. The van der Waals surface area contributed by atoms with Crippen molar-refractivity contribution in [2.45, 2.75) is 6.92 Å². The molecular weight excluding hydrogens is 285 g/mol. The van der Waals surface area contributed by atoms with E-state index >= 15 is 0 Å². The highest BCUT2D eigenvalue weighted by atomic mass is 19.1. The number of hydrogen-bond donors (Lipinski definition) is 0. The van der Waals surface area contributed by atoms with Crippen molar-refractivity contribution in [1.29, 1.82) is 0 Å². The highest BCUT2D eigenvalue weighted by molar-refractivity contribution is 5.73. The van der Waals surface area contributed by atoms with Crippen molar-refractivity contribution in [2.75, 3.05) is 58.3 Å². The van der Waals surface area contributed by atoms with Gasteiger partial charge in [0, 0.05) is 45.7 Å². The van der Waals surface area contributed by atoms with Gasteiger partial charge in [0.2, 0.25) is 5.91 Å². The van der Waals surface area contributed by atoms with E-state index in [4.69, 9.17) is 4.74 Å². The Morgan fingerprint density at radius 1 is 1.27 bits per heavy atom. The molecule has 1 aliphatic rings. The van der Waals surface area contributed by atoms with Crippen molar-refractivity contribution >= 4 is 11.6 Å². The molecule has 2 rings (SSSR count). The molecule has 0 aliphatic carbocycles. The first-order valence-corrected chi connectivity index (χ1v) is 7.55. The summed E-state index contributed by atoms with van der Waals surface area (Å²) in [6.07, 6.45) is 0. The van der Waals surface area contributed by atoms with Crippen molar-refractivity contribution in [2.24, 2.45) is 0 Å². The molecule has 0 spiro atoms. The first-order chi connectivity index (χ1) is 10.5. The fraction of sp³-hybridized carbons (Fsp3) is 0.562. The molecule has 122 valence electrons. The molecule has 22 heavy (non-hydrogen) atoms. The Morgan fingerprint density at radius 2 is 1.95 bits per heavy atom. The Labute approximate surface area is 131 Å². The van der Waals surface area contributed by atoms with Crippen molar-refractivity contribution < 1.29 is 13.9 Å². The lowest BCUT2D eigenvalue weighted by Crippen LogP contribution is -2.48. The lowest BCUT2D eigenvalue weighted by Gasteiger charge is -2.36. The number of nitrogens with zero attached hydrogens (tertiary/aromatic N) is 3. The number of piperazine rings is 1. The molecule has 1 aliphatic heterocycles. The molecule has 1 amide bonds. The minimum absolute atomic E-state index is 0.0983. The smallest absolute Gasteiger partial charge is 0.219 e. The molecule has 1 aromatic rings. The Hall–Kier alpha value is -1.82. The van der Waals surface area contributed by atoms with Gasteiger partial charge in [-0.1, -0.05) is 0 Å². The van der Waals surface area contributed by atoms with Crippen LogP contribution in [0.2, 0.25) is 0 Å². The number of anilines is 1. The van der Waals surface area contributed by atoms with E-state index in [1.165, 1.54) is 12.1 Å². The predicted octanol–water partition coefficient (Wildman–Crippen LogP) is 1.43. The fourth-order valence-electron chi connectivity index (χ4n) is 2.47. The van der Waals surface area contributed by atoms with E-state index in [1.54, 1.807) is 13.0 Å². The molecule has 1 aromatic carbocycles. The number of carbonyl (C=O) groups excluding carboxylic acids is 1. The van der Waals surface area contributed by atoms with Gasteiger partial charge in [0.25, 0.3) is 0 Å². The summed E-state index contributed by atoms with van der Waals surface area (Å²) in [5.74, 6) is 0.366. The van der Waals surface area contributed by atoms with Gasteiger partial charge in [0.05, 0.1) is 5.69 Å². The van der Waals surface area contributed by atoms with Crippen LogP contribution in [0.3, 0.4) is 0 Å². The number of rotatable bonds is 5. The fourth-order valence-corrected chi connectivity index (χ4v) is 2.47. The second-order valence-electron chi connectivity index (χ2n) is 5.76. The summed E-state index contributed by atoms with van der Waals surface area (Å²) in [4.78, 5) is 17.4. The van der Waals surface area contributed by atoms with Crippen LogP contribution in [0, 0.1) is 5.82 Å². The minimum atomic E-state index is -0.300. The van der Waals surface area contributed by atoms with Crippen LogP contribution < -0.4 is 9.64 Å². The normalized spacial score (nSPS) is 15.3. The molecule has 1 heterocycles. The average Bonchev–Trinajstić information content (AvgIpc) is 2.47. The Kier molecular flexibility index (Phi) is 5.60. The highest BCUT2D eigenvalue weighted by Gasteiger charge is 2.21. The van der Waals surface area contributed by atoms with Crippen LogP contribution in [0.4, 0.5) is 10.1 Å². The molecule has 6 heteroatoms. The molecule has 0 radical (unpaired) electrons. The minimum Gasteiger partial charge on any atom is -0.490 e. The van der Waals surface area contributed by atoms with Gasteiger partial charge in [-0.3, -0.25) is 4.79 Å². The number of amides is 1. The first-order valence-electron chi connectivity index (χ1n) is 7.55. The van der Waals surface area contributed by atoms with Crippen molar-refractivity contribution in [3.8, 4) is 5.75 Å². The molecule has 0 bridgehead atoms. The Morgan fingerprint density at radius 3 is 2.55 bits per heavy atom. The highest BCUT2D eigenvalue weighted by Crippen LogP contribution is 2.30. The van der Waals surface area contributed by atoms with E-state index < -0.39 is 0 Å². The number of likely N-dealkylation sites (N-methyl/N-ethyl adjacent to an activating group) is 1. The van der Waals surface area contributed by atoms with Gasteiger partial charge in [-0.15, -0.1) is 0 Å². The number of benzene rings is 1. The van der Waals surface area contributed by atoms with E-state index in [1.807, 2.05) is 23.9 Å². The maximum atomic E-state index is 13.5. The van der Waals surface area contributed by atoms with Crippen molar-refractivity contribution in [1.82, 2.24) is 9.80 Å². The van der Waals surface area contributed by atoms with Crippen LogP contribution in [-0.2, 0) is 4.79 Å². The Bertz CT molecular complexity index is 514. The van der Waals surface area contributed by atoms with Gasteiger partial charge in [-0.25, -0.2) is 4.39 Å². The van der Waals surface area contributed by atoms with Crippen LogP contribution >= 0.6 is 0 Å². The van der Waals surface area contributed by atoms with Gasteiger partial charge in [-0.2, -0.15) is 0 Å². The third-order valence-electron chi connectivity index (χ3n) is 3.78.